The topological polar surface area (TPSA) is 84.2 Å². The van der Waals surface area contributed by atoms with Crippen molar-refractivity contribution in [2.75, 3.05) is 0 Å². The number of carboxylic acid groups (broad SMARTS) is 1. The summed E-state index contributed by atoms with van der Waals surface area (Å²) < 4.78 is 1.54. The van der Waals surface area contributed by atoms with Crippen LogP contribution in [0.25, 0.3) is 0 Å². The van der Waals surface area contributed by atoms with Crippen molar-refractivity contribution in [3.05, 3.63) is 53.3 Å². The summed E-state index contributed by atoms with van der Waals surface area (Å²) in [4.78, 5) is 23.1. The number of aliphatic carboxylic acids is 1. The average molecular weight is 322 g/mol. The Morgan fingerprint density at radius 2 is 2.05 bits per heavy atom. The number of aromatic nitrogens is 2. The molecule has 2 rings (SSSR count). The Bertz CT molecular complexity index is 642. The van der Waals surface area contributed by atoms with Crippen LogP contribution in [-0.2, 0) is 22.6 Å². The van der Waals surface area contributed by atoms with Crippen LogP contribution in [-0.4, -0.2) is 32.8 Å². The highest BCUT2D eigenvalue weighted by molar-refractivity contribution is 6.30. The first-order chi connectivity index (χ1) is 10.5. The summed E-state index contributed by atoms with van der Waals surface area (Å²) in [6, 6.07) is 8.22. The highest BCUT2D eigenvalue weighted by atomic mass is 35.5. The molecule has 7 heteroatoms. The summed E-state index contributed by atoms with van der Waals surface area (Å²) in [6.07, 6.45) is 3.47. The molecule has 22 heavy (non-hydrogen) atoms. The van der Waals surface area contributed by atoms with E-state index in [9.17, 15) is 14.7 Å². The van der Waals surface area contributed by atoms with Crippen molar-refractivity contribution >= 4 is 23.5 Å². The predicted octanol–water partition coefficient (Wildman–Crippen LogP) is 1.74. The summed E-state index contributed by atoms with van der Waals surface area (Å²) in [6.45, 7) is 0.343. The molecule has 2 aromatic rings. The molecule has 1 aromatic heterocycles. The van der Waals surface area contributed by atoms with Crippen LogP contribution < -0.4 is 5.32 Å². The van der Waals surface area contributed by atoms with Gasteiger partial charge in [-0.15, -0.1) is 0 Å². The Hall–Kier alpha value is -2.34. The molecule has 0 radical (unpaired) electrons. The Balaban J connectivity index is 1.87. The van der Waals surface area contributed by atoms with E-state index in [2.05, 4.69) is 10.4 Å². The molecule has 0 unspecified atom stereocenters. The maximum Gasteiger partial charge on any atom is 0.326 e. The molecular formula is C15H16ClN3O3. The van der Waals surface area contributed by atoms with E-state index in [0.717, 1.165) is 5.56 Å². The highest BCUT2D eigenvalue weighted by Gasteiger charge is 2.20. The smallest absolute Gasteiger partial charge is 0.326 e. The van der Waals surface area contributed by atoms with Gasteiger partial charge in [0.25, 0.3) is 0 Å². The number of carboxylic acids is 1. The van der Waals surface area contributed by atoms with Gasteiger partial charge in [-0.1, -0.05) is 41.9 Å². The van der Waals surface area contributed by atoms with Gasteiger partial charge in [-0.25, -0.2) is 4.79 Å². The standard InChI is InChI=1S/C15H16ClN3O3/c16-12-9-17-19(10-12)7-6-14(20)18-13(15(21)22)8-11-4-2-1-3-5-11/h1-5,9-10,13H,6-8H2,(H,18,20)(H,21,22)/t13-/m0/s1. The predicted molar refractivity (Wildman–Crippen MR) is 81.6 cm³/mol. The molecule has 0 aliphatic carbocycles. The molecule has 0 spiro atoms. The van der Waals surface area contributed by atoms with E-state index >= 15 is 0 Å². The third-order valence-corrected chi connectivity index (χ3v) is 3.28. The van der Waals surface area contributed by atoms with Crippen molar-refractivity contribution in [2.24, 2.45) is 0 Å². The molecule has 0 aliphatic heterocycles. The number of nitrogens with zero attached hydrogens (tertiary/aromatic N) is 2. The zero-order chi connectivity index (χ0) is 15.9. The molecule has 0 fully saturated rings. The number of halogens is 1. The van der Waals surface area contributed by atoms with Crippen molar-refractivity contribution < 1.29 is 14.7 Å². The largest absolute Gasteiger partial charge is 0.480 e. The molecule has 116 valence electrons. The van der Waals surface area contributed by atoms with Gasteiger partial charge >= 0.3 is 5.97 Å². The molecule has 0 saturated heterocycles. The molecule has 1 atom stereocenters. The van der Waals surface area contributed by atoms with E-state index in [1.807, 2.05) is 30.3 Å². The summed E-state index contributed by atoms with van der Waals surface area (Å²) in [7, 11) is 0. The van der Waals surface area contributed by atoms with E-state index in [4.69, 9.17) is 11.6 Å². The van der Waals surface area contributed by atoms with E-state index in [0.29, 0.717) is 11.6 Å². The van der Waals surface area contributed by atoms with E-state index in [-0.39, 0.29) is 18.7 Å². The molecule has 0 saturated carbocycles. The number of aryl methyl sites for hydroxylation is 1. The van der Waals surface area contributed by atoms with Crippen LogP contribution in [0, 0.1) is 0 Å². The molecule has 1 heterocycles. The number of nitrogens with one attached hydrogen (secondary N) is 1. The molecule has 1 amide bonds. The lowest BCUT2D eigenvalue weighted by Crippen LogP contribution is -2.42. The van der Waals surface area contributed by atoms with Crippen LogP contribution in [0.1, 0.15) is 12.0 Å². The van der Waals surface area contributed by atoms with E-state index in [1.54, 1.807) is 6.20 Å². The first-order valence-corrected chi connectivity index (χ1v) is 7.16. The van der Waals surface area contributed by atoms with Crippen LogP contribution in [0.5, 0.6) is 0 Å². The first-order valence-electron chi connectivity index (χ1n) is 6.78. The van der Waals surface area contributed by atoms with Gasteiger partial charge in [-0.05, 0) is 5.56 Å². The lowest BCUT2D eigenvalue weighted by atomic mass is 10.1. The third-order valence-electron chi connectivity index (χ3n) is 3.09. The van der Waals surface area contributed by atoms with Crippen LogP contribution in [0.3, 0.4) is 0 Å². The van der Waals surface area contributed by atoms with Crippen molar-refractivity contribution in [1.29, 1.82) is 0 Å². The van der Waals surface area contributed by atoms with Gasteiger partial charge in [0.05, 0.1) is 11.2 Å². The molecule has 0 aliphatic rings. The number of rotatable bonds is 7. The molecule has 2 N–H and O–H groups in total. The zero-order valence-electron chi connectivity index (χ0n) is 11.8. The normalized spacial score (nSPS) is 11.9. The van der Waals surface area contributed by atoms with Gasteiger partial charge < -0.3 is 10.4 Å². The van der Waals surface area contributed by atoms with Crippen molar-refractivity contribution in [3.63, 3.8) is 0 Å². The second kappa shape index (κ2) is 7.61. The first kappa shape index (κ1) is 16.0. The van der Waals surface area contributed by atoms with Gasteiger partial charge in [0.1, 0.15) is 6.04 Å². The average Bonchev–Trinajstić information content (AvgIpc) is 2.91. The number of amides is 1. The SMILES string of the molecule is O=C(CCn1cc(Cl)cn1)N[C@@H](Cc1ccccc1)C(=O)O. The fourth-order valence-corrected chi connectivity index (χ4v) is 2.15. The Kier molecular flexibility index (Phi) is 5.55. The summed E-state index contributed by atoms with van der Waals surface area (Å²) in [5.74, 6) is -1.39. The summed E-state index contributed by atoms with van der Waals surface area (Å²) >= 11 is 5.73. The Labute approximate surface area is 132 Å². The lowest BCUT2D eigenvalue weighted by molar-refractivity contribution is -0.141. The van der Waals surface area contributed by atoms with Crippen molar-refractivity contribution in [3.8, 4) is 0 Å². The van der Waals surface area contributed by atoms with Crippen LogP contribution >= 0.6 is 11.6 Å². The maximum absolute atomic E-state index is 11.9. The van der Waals surface area contributed by atoms with Gasteiger partial charge in [0.2, 0.25) is 5.91 Å². The van der Waals surface area contributed by atoms with Crippen molar-refractivity contribution in [2.45, 2.75) is 25.4 Å². The van der Waals surface area contributed by atoms with Crippen LogP contribution in [0.15, 0.2) is 42.7 Å². The summed E-state index contributed by atoms with van der Waals surface area (Å²) in [5.41, 5.74) is 0.856. The monoisotopic (exact) mass is 321 g/mol. The van der Waals surface area contributed by atoms with Gasteiger partial charge in [0, 0.05) is 25.6 Å². The van der Waals surface area contributed by atoms with E-state index in [1.165, 1.54) is 10.9 Å². The number of hydrogen-bond acceptors (Lipinski definition) is 3. The minimum absolute atomic E-state index is 0.135. The highest BCUT2D eigenvalue weighted by Crippen LogP contribution is 2.06. The maximum atomic E-state index is 11.9. The minimum atomic E-state index is -1.06. The quantitative estimate of drug-likeness (QED) is 0.813. The molecular weight excluding hydrogens is 306 g/mol. The van der Waals surface area contributed by atoms with E-state index < -0.39 is 12.0 Å². The fraction of sp³-hybridized carbons (Fsp3) is 0.267. The van der Waals surface area contributed by atoms with Gasteiger partial charge in [-0.3, -0.25) is 9.48 Å². The number of carbonyl (C=O) groups excluding carboxylic acids is 1. The number of carbonyl (C=O) groups is 2. The number of hydrogen-bond donors (Lipinski definition) is 2. The fourth-order valence-electron chi connectivity index (χ4n) is 1.99. The van der Waals surface area contributed by atoms with Gasteiger partial charge in [-0.2, -0.15) is 5.10 Å². The lowest BCUT2D eigenvalue weighted by Gasteiger charge is -2.14. The Morgan fingerprint density at radius 1 is 1.32 bits per heavy atom. The van der Waals surface area contributed by atoms with Crippen LogP contribution in [0.2, 0.25) is 5.02 Å². The van der Waals surface area contributed by atoms with Crippen molar-refractivity contribution in [1.82, 2.24) is 15.1 Å². The number of benzene rings is 1. The summed E-state index contributed by atoms with van der Waals surface area (Å²) in [5, 5.41) is 16.2. The zero-order valence-corrected chi connectivity index (χ0v) is 12.5. The second-order valence-corrected chi connectivity index (χ2v) is 5.26. The molecule has 0 bridgehead atoms. The third kappa shape index (κ3) is 4.89. The minimum Gasteiger partial charge on any atom is -0.480 e. The van der Waals surface area contributed by atoms with Gasteiger partial charge in [0.15, 0.2) is 0 Å². The molecule has 1 aromatic carbocycles. The van der Waals surface area contributed by atoms with Crippen LogP contribution in [0.4, 0.5) is 0 Å². The Morgan fingerprint density at radius 3 is 2.64 bits per heavy atom. The molecule has 6 nitrogen and oxygen atoms in total. The second-order valence-electron chi connectivity index (χ2n) is 4.82.